The third-order valence-corrected chi connectivity index (χ3v) is 11.1. The van der Waals surface area contributed by atoms with Crippen molar-refractivity contribution in [3.8, 4) is 0 Å². The Morgan fingerprint density at radius 3 is 1.92 bits per heavy atom. The van der Waals surface area contributed by atoms with E-state index in [0.717, 1.165) is 16.0 Å². The van der Waals surface area contributed by atoms with Crippen LogP contribution in [0.3, 0.4) is 0 Å². The van der Waals surface area contributed by atoms with Crippen molar-refractivity contribution in [2.45, 2.75) is 94.7 Å². The van der Waals surface area contributed by atoms with Gasteiger partial charge in [-0.05, 0) is 97.7 Å². The molecule has 0 heterocycles. The summed E-state index contributed by atoms with van der Waals surface area (Å²) in [7, 11) is -3.81. The molecular formula is C39H50N2O8S2. The molecule has 3 aromatic rings. The van der Waals surface area contributed by atoms with Crippen LogP contribution >= 0.6 is 11.8 Å². The van der Waals surface area contributed by atoms with Gasteiger partial charge in [0.2, 0.25) is 5.91 Å². The first-order chi connectivity index (χ1) is 23.7. The number of aliphatic carboxylic acids is 1. The van der Waals surface area contributed by atoms with Gasteiger partial charge in [0.15, 0.2) is 15.6 Å². The molecule has 12 heteroatoms. The first kappa shape index (κ1) is 41.4. The van der Waals surface area contributed by atoms with Gasteiger partial charge in [0, 0.05) is 46.3 Å². The molecule has 3 rings (SSSR count). The van der Waals surface area contributed by atoms with E-state index in [1.165, 1.54) is 36.0 Å². The third-order valence-electron chi connectivity index (χ3n) is 8.07. The fraction of sp³-hybridized carbons (Fsp3) is 0.436. The number of ether oxygens (including phenoxy) is 1. The minimum absolute atomic E-state index is 0.131. The number of carbonyl (C=O) groups is 4. The van der Waals surface area contributed by atoms with E-state index >= 15 is 0 Å². The van der Waals surface area contributed by atoms with E-state index in [1.807, 2.05) is 72.7 Å². The van der Waals surface area contributed by atoms with Crippen molar-refractivity contribution in [1.82, 2.24) is 10.6 Å². The maximum Gasteiger partial charge on any atom is 0.303 e. The molecule has 0 saturated carbocycles. The Kier molecular flexibility index (Phi) is 14.6. The van der Waals surface area contributed by atoms with Crippen molar-refractivity contribution >= 4 is 45.2 Å². The Balaban J connectivity index is 1.77. The summed E-state index contributed by atoms with van der Waals surface area (Å²) in [5.41, 5.74) is 1.34. The highest BCUT2D eigenvalue weighted by molar-refractivity contribution is 7.99. The van der Waals surface area contributed by atoms with E-state index < -0.39 is 50.9 Å². The number of Topliss-reactive ketones (excluding diaryl/α,β-unsaturated/α-hetero) is 1. The van der Waals surface area contributed by atoms with Crippen LogP contribution in [0.1, 0.15) is 85.7 Å². The van der Waals surface area contributed by atoms with Crippen LogP contribution in [-0.2, 0) is 24.2 Å². The zero-order chi connectivity index (χ0) is 38.0. The number of sulfone groups is 1. The summed E-state index contributed by atoms with van der Waals surface area (Å²) in [4.78, 5) is 52.8. The predicted octanol–water partition coefficient (Wildman–Crippen LogP) is 6.43. The molecule has 3 aromatic carbocycles. The first-order valence-corrected chi connectivity index (χ1v) is 19.5. The predicted molar refractivity (Wildman–Crippen MR) is 200 cm³/mol. The van der Waals surface area contributed by atoms with Crippen LogP contribution in [0, 0.1) is 19.8 Å². The molecule has 51 heavy (non-hydrogen) atoms. The van der Waals surface area contributed by atoms with E-state index in [4.69, 9.17) is 4.74 Å². The van der Waals surface area contributed by atoms with Gasteiger partial charge in [-0.25, -0.2) is 8.42 Å². The Bertz CT molecular complexity index is 1760. The van der Waals surface area contributed by atoms with Gasteiger partial charge in [-0.15, -0.1) is 11.8 Å². The number of carbonyl (C=O) groups excluding carboxylic acids is 3. The molecule has 3 N–H and O–H groups in total. The second kappa shape index (κ2) is 18.0. The fourth-order valence-corrected chi connectivity index (χ4v) is 7.72. The second-order valence-electron chi connectivity index (χ2n) is 14.4. The van der Waals surface area contributed by atoms with Crippen LogP contribution in [0.15, 0.2) is 82.6 Å². The molecule has 0 bridgehead atoms. The van der Waals surface area contributed by atoms with Gasteiger partial charge in [0.25, 0.3) is 5.91 Å². The number of ketones is 1. The summed E-state index contributed by atoms with van der Waals surface area (Å²) in [6.07, 6.45) is 0.0165. The number of thioether (sulfide) groups is 1. The summed E-state index contributed by atoms with van der Waals surface area (Å²) in [5.74, 6) is -3.70. The van der Waals surface area contributed by atoms with Crippen LogP contribution < -0.4 is 10.6 Å². The molecule has 1 unspecified atom stereocenters. The molecule has 2 atom stereocenters. The number of carboxylic acids is 1. The Morgan fingerprint density at radius 1 is 0.824 bits per heavy atom. The zero-order valence-corrected chi connectivity index (χ0v) is 32.1. The van der Waals surface area contributed by atoms with Crippen molar-refractivity contribution in [3.63, 3.8) is 0 Å². The Morgan fingerprint density at radius 2 is 1.37 bits per heavy atom. The monoisotopic (exact) mass is 738 g/mol. The molecule has 0 fully saturated rings. The highest BCUT2D eigenvalue weighted by atomic mass is 32.2. The fourth-order valence-electron chi connectivity index (χ4n) is 5.03. The lowest BCUT2D eigenvalue weighted by atomic mass is 9.98. The number of hydrogen-bond acceptors (Lipinski definition) is 8. The summed E-state index contributed by atoms with van der Waals surface area (Å²) >= 11 is 1.40. The zero-order valence-electron chi connectivity index (χ0n) is 30.4. The average Bonchev–Trinajstić information content (AvgIpc) is 3.04. The van der Waals surface area contributed by atoms with Gasteiger partial charge in [-0.1, -0.05) is 47.5 Å². The number of carboxylic acid groups (broad SMARTS) is 1. The summed E-state index contributed by atoms with van der Waals surface area (Å²) < 4.78 is 32.6. The molecule has 0 radical (unpaired) electrons. The topological polar surface area (TPSA) is 156 Å². The summed E-state index contributed by atoms with van der Waals surface area (Å²) in [6, 6.07) is 18.9. The molecular weight excluding hydrogens is 689 g/mol. The number of benzene rings is 3. The molecule has 0 aromatic heterocycles. The maximum absolute atomic E-state index is 13.8. The number of rotatable bonds is 18. The van der Waals surface area contributed by atoms with Crippen LogP contribution in [0.4, 0.5) is 0 Å². The molecule has 2 amide bonds. The van der Waals surface area contributed by atoms with Gasteiger partial charge < -0.3 is 20.5 Å². The van der Waals surface area contributed by atoms with Gasteiger partial charge in [-0.2, -0.15) is 0 Å². The number of nitrogens with one attached hydrogen (secondary N) is 2. The normalized spacial score (nSPS) is 13.2. The van der Waals surface area contributed by atoms with Crippen LogP contribution in [0.5, 0.6) is 0 Å². The van der Waals surface area contributed by atoms with Gasteiger partial charge in [0.05, 0.1) is 16.2 Å². The van der Waals surface area contributed by atoms with Crippen LogP contribution in [0.2, 0.25) is 0 Å². The van der Waals surface area contributed by atoms with Crippen LogP contribution in [-0.4, -0.2) is 72.4 Å². The second-order valence-corrected chi connectivity index (χ2v) is 17.5. The minimum Gasteiger partial charge on any atom is -0.481 e. The SMILES string of the molecule is Cc1ccc(SCC(CS(=O)(=O)c2ccc(C)cc2)C(=O)c2ccc(C(=O)N[C@@H](CCC(=O)O)C(=O)NC(C)(C)CCOC(C)(C)C)cc2)cc1. The van der Waals surface area contributed by atoms with E-state index in [-0.39, 0.29) is 46.0 Å². The van der Waals surface area contributed by atoms with Crippen molar-refractivity contribution < 1.29 is 37.4 Å². The third kappa shape index (κ3) is 13.9. The lowest BCUT2D eigenvalue weighted by Crippen LogP contribution is -2.53. The molecule has 276 valence electrons. The molecule has 0 spiro atoms. The Labute approximate surface area is 306 Å². The largest absolute Gasteiger partial charge is 0.481 e. The van der Waals surface area contributed by atoms with E-state index in [1.54, 1.807) is 24.3 Å². The van der Waals surface area contributed by atoms with Gasteiger partial charge in [-0.3, -0.25) is 19.2 Å². The lowest BCUT2D eigenvalue weighted by molar-refractivity contribution is -0.137. The average molecular weight is 739 g/mol. The van der Waals surface area contributed by atoms with Gasteiger partial charge in [0.1, 0.15) is 6.04 Å². The number of hydrogen-bond donors (Lipinski definition) is 3. The van der Waals surface area contributed by atoms with Crippen molar-refractivity contribution in [3.05, 3.63) is 95.1 Å². The van der Waals surface area contributed by atoms with Crippen molar-refractivity contribution in [1.29, 1.82) is 0 Å². The summed E-state index contributed by atoms with van der Waals surface area (Å²) in [5, 5.41) is 14.8. The summed E-state index contributed by atoms with van der Waals surface area (Å²) in [6.45, 7) is 13.7. The van der Waals surface area contributed by atoms with Crippen molar-refractivity contribution in [2.75, 3.05) is 18.1 Å². The molecule has 0 aliphatic rings. The molecule has 0 aliphatic carbocycles. The van der Waals surface area contributed by atoms with E-state index in [9.17, 15) is 32.7 Å². The van der Waals surface area contributed by atoms with Gasteiger partial charge >= 0.3 is 5.97 Å². The van der Waals surface area contributed by atoms with E-state index in [0.29, 0.717) is 13.0 Å². The van der Waals surface area contributed by atoms with E-state index in [2.05, 4.69) is 10.6 Å². The van der Waals surface area contributed by atoms with Crippen molar-refractivity contribution in [2.24, 2.45) is 5.92 Å². The molecule has 0 saturated heterocycles. The standard InChI is InChI=1S/C39H50N2O8S2/c1-26-8-16-31(17-9-26)50-24-30(25-51(47,48)32-18-10-27(2)11-19-32)35(44)28-12-14-29(15-13-28)36(45)40-33(20-21-34(42)43)37(46)41-39(6,7)22-23-49-38(3,4)5/h8-19,30,33H,20-25H2,1-7H3,(H,40,45)(H,41,46)(H,42,43)/t30?,33-/m0/s1. The van der Waals surface area contributed by atoms with Crippen LogP contribution in [0.25, 0.3) is 0 Å². The molecule has 0 aliphatic heterocycles. The number of aryl methyl sites for hydroxylation is 2. The maximum atomic E-state index is 13.8. The first-order valence-electron chi connectivity index (χ1n) is 16.9. The number of amides is 2. The molecule has 10 nitrogen and oxygen atoms in total. The highest BCUT2D eigenvalue weighted by Gasteiger charge is 2.30. The smallest absolute Gasteiger partial charge is 0.303 e. The quantitative estimate of drug-likeness (QED) is 0.0989. The minimum atomic E-state index is -3.81. The highest BCUT2D eigenvalue weighted by Crippen LogP contribution is 2.26. The Hall–Kier alpha value is -4.00. The lowest BCUT2D eigenvalue weighted by Gasteiger charge is -2.30.